The van der Waals surface area contributed by atoms with Crippen molar-refractivity contribution in [1.29, 1.82) is 0 Å². The molecule has 2 aliphatic rings. The molecule has 1 aromatic carbocycles. The minimum atomic E-state index is 0. The summed E-state index contributed by atoms with van der Waals surface area (Å²) in [6.07, 6.45) is 4.08. The summed E-state index contributed by atoms with van der Waals surface area (Å²) in [5.74, 6) is 1.06. The molecule has 0 radical (unpaired) electrons. The van der Waals surface area contributed by atoms with Gasteiger partial charge in [0.15, 0.2) is 5.96 Å². The van der Waals surface area contributed by atoms with Crippen LogP contribution in [0.4, 0.5) is 0 Å². The lowest BCUT2D eigenvalue weighted by Gasteiger charge is -2.36. The Morgan fingerprint density at radius 1 is 1.13 bits per heavy atom. The predicted molar refractivity (Wildman–Crippen MR) is 134 cm³/mol. The van der Waals surface area contributed by atoms with Crippen LogP contribution < -0.4 is 10.6 Å². The molecule has 166 valence electrons. The molecule has 0 unspecified atom stereocenters. The van der Waals surface area contributed by atoms with Gasteiger partial charge in [0.2, 0.25) is 5.91 Å². The van der Waals surface area contributed by atoms with E-state index in [1.54, 1.807) is 0 Å². The van der Waals surface area contributed by atoms with Gasteiger partial charge >= 0.3 is 0 Å². The summed E-state index contributed by atoms with van der Waals surface area (Å²) in [4.78, 5) is 25.4. The highest BCUT2D eigenvalue weighted by molar-refractivity contribution is 14.0. The van der Waals surface area contributed by atoms with Crippen LogP contribution in [0.25, 0.3) is 11.3 Å². The molecular formula is C23H31IN6O. The monoisotopic (exact) mass is 534 g/mol. The van der Waals surface area contributed by atoms with Crippen LogP contribution in [0, 0.1) is 0 Å². The number of carbonyl (C=O) groups excluding carboxylic acids is 1. The smallest absolute Gasteiger partial charge is 0.234 e. The Bertz CT molecular complexity index is 879. The van der Waals surface area contributed by atoms with E-state index in [2.05, 4.69) is 54.7 Å². The second-order valence-corrected chi connectivity index (χ2v) is 7.92. The van der Waals surface area contributed by atoms with E-state index in [9.17, 15) is 4.79 Å². The summed E-state index contributed by atoms with van der Waals surface area (Å²) in [5, 5.41) is 6.55. The van der Waals surface area contributed by atoms with Crippen molar-refractivity contribution < 1.29 is 4.79 Å². The number of pyridine rings is 1. The standard InChI is InChI=1S/C23H30N6O.HI/c1-24-23(29-13-11-28(12-14-29)17-22(30)27-20-8-9-20)26-16-18-5-4-6-19(15-18)21-7-2-3-10-25-21;/h2-7,10,15,20H,8-9,11-14,16-17H2,1H3,(H,24,26)(H,27,30);1H. The van der Waals surface area contributed by atoms with Crippen molar-refractivity contribution in [2.45, 2.75) is 25.4 Å². The number of rotatable bonds is 6. The van der Waals surface area contributed by atoms with Crippen LogP contribution in [0.15, 0.2) is 53.7 Å². The Hall–Kier alpha value is -2.20. The van der Waals surface area contributed by atoms with Crippen molar-refractivity contribution in [2.75, 3.05) is 39.8 Å². The number of hydrogen-bond acceptors (Lipinski definition) is 4. The molecule has 0 bridgehead atoms. The molecule has 2 fully saturated rings. The molecule has 2 N–H and O–H groups in total. The van der Waals surface area contributed by atoms with E-state index in [1.165, 1.54) is 5.56 Å². The lowest BCUT2D eigenvalue weighted by molar-refractivity contribution is -0.122. The summed E-state index contributed by atoms with van der Waals surface area (Å²) < 4.78 is 0. The molecule has 4 rings (SSSR count). The van der Waals surface area contributed by atoms with Crippen LogP contribution in [0.5, 0.6) is 0 Å². The third-order valence-corrected chi connectivity index (χ3v) is 5.53. The molecule has 1 aliphatic carbocycles. The zero-order valence-corrected chi connectivity index (χ0v) is 20.3. The van der Waals surface area contributed by atoms with Crippen molar-refractivity contribution in [3.8, 4) is 11.3 Å². The molecule has 8 heteroatoms. The molecule has 2 heterocycles. The maximum atomic E-state index is 12.0. The highest BCUT2D eigenvalue weighted by atomic mass is 127. The topological polar surface area (TPSA) is 72.9 Å². The Morgan fingerprint density at radius 2 is 1.94 bits per heavy atom. The molecule has 2 aromatic rings. The zero-order valence-electron chi connectivity index (χ0n) is 18.0. The Kier molecular flexibility index (Phi) is 8.65. The molecule has 7 nitrogen and oxygen atoms in total. The van der Waals surface area contributed by atoms with Crippen molar-refractivity contribution in [3.05, 3.63) is 54.2 Å². The average Bonchev–Trinajstić information content (AvgIpc) is 3.60. The molecule has 1 amide bonds. The van der Waals surface area contributed by atoms with E-state index in [1.807, 2.05) is 31.4 Å². The molecule has 31 heavy (non-hydrogen) atoms. The van der Waals surface area contributed by atoms with Crippen molar-refractivity contribution >= 4 is 35.8 Å². The second-order valence-electron chi connectivity index (χ2n) is 7.92. The first-order valence-electron chi connectivity index (χ1n) is 10.7. The maximum Gasteiger partial charge on any atom is 0.234 e. The van der Waals surface area contributed by atoms with E-state index in [-0.39, 0.29) is 29.9 Å². The molecule has 0 spiro atoms. The van der Waals surface area contributed by atoms with Crippen LogP contribution in [0.2, 0.25) is 0 Å². The summed E-state index contributed by atoms with van der Waals surface area (Å²) in [6.45, 7) is 4.67. The largest absolute Gasteiger partial charge is 0.352 e. The number of nitrogens with one attached hydrogen (secondary N) is 2. The van der Waals surface area contributed by atoms with E-state index >= 15 is 0 Å². The Balaban J connectivity index is 0.00000272. The van der Waals surface area contributed by atoms with Gasteiger partial charge in [-0.3, -0.25) is 19.7 Å². The average molecular weight is 534 g/mol. The van der Waals surface area contributed by atoms with Gasteiger partial charge in [0.25, 0.3) is 0 Å². The maximum absolute atomic E-state index is 12.0. The minimum absolute atomic E-state index is 0. The molecule has 1 saturated carbocycles. The van der Waals surface area contributed by atoms with Gasteiger partial charge in [0, 0.05) is 57.6 Å². The van der Waals surface area contributed by atoms with Crippen LogP contribution in [-0.2, 0) is 11.3 Å². The number of aliphatic imine (C=N–C) groups is 1. The highest BCUT2D eigenvalue weighted by Crippen LogP contribution is 2.19. The van der Waals surface area contributed by atoms with Gasteiger partial charge in [-0.1, -0.05) is 24.3 Å². The van der Waals surface area contributed by atoms with E-state index in [0.717, 1.165) is 56.2 Å². The van der Waals surface area contributed by atoms with Crippen LogP contribution >= 0.6 is 24.0 Å². The van der Waals surface area contributed by atoms with Gasteiger partial charge in [-0.15, -0.1) is 24.0 Å². The number of aromatic nitrogens is 1. The van der Waals surface area contributed by atoms with Gasteiger partial charge < -0.3 is 15.5 Å². The van der Waals surface area contributed by atoms with E-state index in [4.69, 9.17) is 0 Å². The second kappa shape index (κ2) is 11.4. The molecule has 1 aliphatic heterocycles. The first-order chi connectivity index (χ1) is 14.7. The van der Waals surface area contributed by atoms with Gasteiger partial charge in [0.05, 0.1) is 12.2 Å². The van der Waals surface area contributed by atoms with Crippen molar-refractivity contribution in [3.63, 3.8) is 0 Å². The SMILES string of the molecule is CN=C(NCc1cccc(-c2ccccn2)c1)N1CCN(CC(=O)NC2CC2)CC1.I. The van der Waals surface area contributed by atoms with Gasteiger partial charge in [0.1, 0.15) is 0 Å². The van der Waals surface area contributed by atoms with Gasteiger partial charge in [-0.2, -0.15) is 0 Å². The van der Waals surface area contributed by atoms with E-state index < -0.39 is 0 Å². The first kappa shape index (κ1) is 23.5. The number of nitrogens with zero attached hydrogens (tertiary/aromatic N) is 4. The van der Waals surface area contributed by atoms with Crippen molar-refractivity contribution in [2.24, 2.45) is 4.99 Å². The number of carbonyl (C=O) groups is 1. The van der Waals surface area contributed by atoms with Crippen LogP contribution in [0.3, 0.4) is 0 Å². The fraction of sp³-hybridized carbons (Fsp3) is 0.435. The fourth-order valence-corrected chi connectivity index (χ4v) is 3.71. The predicted octanol–water partition coefficient (Wildman–Crippen LogP) is 2.34. The molecule has 1 aromatic heterocycles. The Labute approximate surface area is 201 Å². The molecule has 1 saturated heterocycles. The number of benzene rings is 1. The number of halogens is 1. The summed E-state index contributed by atoms with van der Waals surface area (Å²) >= 11 is 0. The number of hydrogen-bond donors (Lipinski definition) is 2. The number of piperazine rings is 1. The summed E-state index contributed by atoms with van der Waals surface area (Å²) in [7, 11) is 1.82. The molecule has 0 atom stereocenters. The molecular weight excluding hydrogens is 503 g/mol. The lowest BCUT2D eigenvalue weighted by atomic mass is 10.1. The quantitative estimate of drug-likeness (QED) is 0.338. The van der Waals surface area contributed by atoms with Crippen molar-refractivity contribution in [1.82, 2.24) is 25.4 Å². The van der Waals surface area contributed by atoms with E-state index in [0.29, 0.717) is 19.1 Å². The highest BCUT2D eigenvalue weighted by Gasteiger charge is 2.25. The van der Waals surface area contributed by atoms with Crippen LogP contribution in [-0.4, -0.2) is 72.5 Å². The third kappa shape index (κ3) is 6.90. The normalized spacial score (nSPS) is 17.1. The van der Waals surface area contributed by atoms with Crippen LogP contribution in [0.1, 0.15) is 18.4 Å². The third-order valence-electron chi connectivity index (χ3n) is 5.53. The minimum Gasteiger partial charge on any atom is -0.352 e. The number of amides is 1. The lowest BCUT2D eigenvalue weighted by Crippen LogP contribution is -2.54. The summed E-state index contributed by atoms with van der Waals surface area (Å²) in [6, 6.07) is 14.8. The van der Waals surface area contributed by atoms with Gasteiger partial charge in [-0.25, -0.2) is 0 Å². The fourth-order valence-electron chi connectivity index (χ4n) is 3.71. The first-order valence-corrected chi connectivity index (χ1v) is 10.7. The Morgan fingerprint density at radius 3 is 2.61 bits per heavy atom. The van der Waals surface area contributed by atoms with Gasteiger partial charge in [-0.05, 0) is 36.6 Å². The summed E-state index contributed by atoms with van der Waals surface area (Å²) in [5.41, 5.74) is 3.28. The number of guanidine groups is 1. The zero-order chi connectivity index (χ0) is 20.8.